The largest absolute Gasteiger partial charge is 0.416 e. The third kappa shape index (κ3) is 3.97. The summed E-state index contributed by atoms with van der Waals surface area (Å²) >= 11 is 1.84. The third-order valence-corrected chi connectivity index (χ3v) is 8.38. The fraction of sp³-hybridized carbons (Fsp3) is 0.321. The van der Waals surface area contributed by atoms with Crippen LogP contribution in [0.4, 0.5) is 13.2 Å². The van der Waals surface area contributed by atoms with Gasteiger partial charge in [-0.2, -0.15) is 13.2 Å². The number of hydrogen-bond acceptors (Lipinski definition) is 4. The van der Waals surface area contributed by atoms with Crippen LogP contribution >= 0.6 is 11.3 Å². The Balaban J connectivity index is 1.28. The maximum absolute atomic E-state index is 12.8. The molecule has 0 fully saturated rings. The van der Waals surface area contributed by atoms with E-state index in [1.807, 2.05) is 18.3 Å². The molecule has 0 saturated carbocycles. The monoisotopic (exact) mass is 506 g/mol. The molecule has 2 aromatic heterocycles. The molecule has 1 aliphatic carbocycles. The van der Waals surface area contributed by atoms with Crippen LogP contribution in [0, 0.1) is 6.92 Å². The number of halogens is 3. The molecule has 184 valence electrons. The molecule has 6 rings (SSSR count). The average Bonchev–Trinajstić information content (AvgIpc) is 3.54. The lowest BCUT2D eigenvalue weighted by Crippen LogP contribution is -2.08. The lowest BCUT2D eigenvalue weighted by Gasteiger charge is -2.11. The maximum Gasteiger partial charge on any atom is 0.416 e. The number of aromatic nitrogens is 3. The number of benzene rings is 2. The number of thiophene rings is 1. The van der Waals surface area contributed by atoms with Crippen molar-refractivity contribution in [2.45, 2.75) is 58.2 Å². The summed E-state index contributed by atoms with van der Waals surface area (Å²) < 4.78 is 40.6. The van der Waals surface area contributed by atoms with Crippen molar-refractivity contribution in [1.29, 1.82) is 0 Å². The highest BCUT2D eigenvalue weighted by Gasteiger charge is 2.33. The Hall–Kier alpha value is -3.26. The van der Waals surface area contributed by atoms with Crippen molar-refractivity contribution < 1.29 is 13.2 Å². The van der Waals surface area contributed by atoms with Crippen LogP contribution in [0.15, 0.2) is 53.5 Å². The lowest BCUT2D eigenvalue weighted by molar-refractivity contribution is -0.137. The molecule has 8 heteroatoms. The van der Waals surface area contributed by atoms with Gasteiger partial charge in [0, 0.05) is 16.0 Å². The Morgan fingerprint density at radius 2 is 1.61 bits per heavy atom. The van der Waals surface area contributed by atoms with E-state index in [1.54, 1.807) is 12.1 Å². The summed E-state index contributed by atoms with van der Waals surface area (Å²) in [5.74, 6) is 1.75. The average molecular weight is 507 g/mol. The lowest BCUT2D eigenvalue weighted by atomic mass is 9.96. The zero-order valence-electron chi connectivity index (χ0n) is 20.1. The molecule has 0 amide bonds. The molecule has 36 heavy (non-hydrogen) atoms. The molecular formula is C28H25F3N4S. The zero-order valence-corrected chi connectivity index (χ0v) is 20.9. The highest BCUT2D eigenvalue weighted by atomic mass is 32.1. The molecule has 0 saturated heterocycles. The van der Waals surface area contributed by atoms with Crippen LogP contribution in [0.2, 0.25) is 0 Å². The van der Waals surface area contributed by atoms with Crippen molar-refractivity contribution >= 4 is 17.0 Å². The Labute approximate surface area is 211 Å². The Morgan fingerprint density at radius 1 is 0.944 bits per heavy atom. The molecule has 0 radical (unpaired) electrons. The van der Waals surface area contributed by atoms with Gasteiger partial charge in [-0.1, -0.05) is 36.4 Å². The first-order valence-electron chi connectivity index (χ1n) is 12.2. The summed E-state index contributed by atoms with van der Waals surface area (Å²) in [4.78, 5) is 6.59. The molecule has 1 atom stereocenters. The highest BCUT2D eigenvalue weighted by molar-refractivity contribution is 7.15. The van der Waals surface area contributed by atoms with Gasteiger partial charge in [0.25, 0.3) is 0 Å². The number of aliphatic imine (C=N–C) groups is 1. The maximum atomic E-state index is 12.8. The van der Waals surface area contributed by atoms with Crippen molar-refractivity contribution in [3.05, 3.63) is 98.4 Å². The van der Waals surface area contributed by atoms with Gasteiger partial charge in [0.05, 0.1) is 11.3 Å². The normalized spacial score (nSPS) is 16.8. The first kappa shape index (κ1) is 23.2. The van der Waals surface area contributed by atoms with Gasteiger partial charge >= 0.3 is 6.18 Å². The highest BCUT2D eigenvalue weighted by Crippen LogP contribution is 2.42. The van der Waals surface area contributed by atoms with Gasteiger partial charge in [0.1, 0.15) is 16.9 Å². The van der Waals surface area contributed by atoms with Crippen molar-refractivity contribution in [1.82, 2.24) is 14.8 Å². The smallest absolute Gasteiger partial charge is 0.273 e. The van der Waals surface area contributed by atoms with Gasteiger partial charge in [-0.15, -0.1) is 21.5 Å². The van der Waals surface area contributed by atoms with E-state index in [1.165, 1.54) is 27.4 Å². The van der Waals surface area contributed by atoms with Gasteiger partial charge in [-0.3, -0.25) is 9.56 Å². The van der Waals surface area contributed by atoms with Crippen LogP contribution in [0.5, 0.6) is 0 Å². The molecule has 4 nitrogen and oxygen atoms in total. The van der Waals surface area contributed by atoms with Crippen molar-refractivity contribution in [2.75, 3.05) is 0 Å². The van der Waals surface area contributed by atoms with Crippen LogP contribution < -0.4 is 0 Å². The summed E-state index contributed by atoms with van der Waals surface area (Å²) in [5, 5.41) is 9.95. The minimum atomic E-state index is -4.30. The van der Waals surface area contributed by atoms with Gasteiger partial charge < -0.3 is 0 Å². The molecule has 0 N–H and O–H groups in total. The summed E-state index contributed by atoms with van der Waals surface area (Å²) in [6.45, 7) is 4.06. The molecule has 1 unspecified atom stereocenters. The molecule has 2 aliphatic rings. The van der Waals surface area contributed by atoms with E-state index >= 15 is 0 Å². The topological polar surface area (TPSA) is 43.1 Å². The van der Waals surface area contributed by atoms with E-state index in [0.29, 0.717) is 6.42 Å². The number of hydrogen-bond donors (Lipinski definition) is 0. The summed E-state index contributed by atoms with van der Waals surface area (Å²) in [6.07, 6.45) is 0.487. The third-order valence-electron chi connectivity index (χ3n) is 7.10. The Bertz CT molecular complexity index is 1460. The van der Waals surface area contributed by atoms with Gasteiger partial charge in [0.15, 0.2) is 5.82 Å². The number of alkyl halides is 3. The summed E-state index contributed by atoms with van der Waals surface area (Å²) in [5.41, 5.74) is 6.14. The first-order valence-corrected chi connectivity index (χ1v) is 13.0. The minimum Gasteiger partial charge on any atom is -0.273 e. The summed E-state index contributed by atoms with van der Waals surface area (Å²) in [6, 6.07) is 13.8. The van der Waals surface area contributed by atoms with E-state index in [-0.39, 0.29) is 6.04 Å². The van der Waals surface area contributed by atoms with Gasteiger partial charge in [0.2, 0.25) is 0 Å². The molecule has 0 bridgehead atoms. The molecule has 0 spiro atoms. The molecule has 3 heterocycles. The Morgan fingerprint density at radius 3 is 2.28 bits per heavy atom. The molecular weight excluding hydrogens is 481 g/mol. The van der Waals surface area contributed by atoms with Crippen molar-refractivity contribution in [3.63, 3.8) is 0 Å². The van der Waals surface area contributed by atoms with Crippen LogP contribution in [0.25, 0.3) is 5.00 Å². The predicted octanol–water partition coefficient (Wildman–Crippen LogP) is 6.84. The number of rotatable bonds is 4. The second-order valence-corrected chi connectivity index (χ2v) is 10.6. The van der Waals surface area contributed by atoms with Gasteiger partial charge in [-0.25, -0.2) is 0 Å². The van der Waals surface area contributed by atoms with Crippen LogP contribution in [-0.4, -0.2) is 20.5 Å². The fourth-order valence-corrected chi connectivity index (χ4v) is 6.65. The Kier molecular flexibility index (Phi) is 5.59. The van der Waals surface area contributed by atoms with Crippen molar-refractivity contribution in [2.24, 2.45) is 4.99 Å². The number of fused-ring (bicyclic) bond motifs is 5. The zero-order chi connectivity index (χ0) is 25.0. The molecule has 2 aromatic carbocycles. The SMILES string of the molecule is Cc1nnc2n1-c1sc3c(c1C(c1ccc(CCc4ccc(C(F)(F)F)cc4)cc1)=NC2C)CCC3. The quantitative estimate of drug-likeness (QED) is 0.304. The minimum absolute atomic E-state index is 0.114. The number of aryl methyl sites for hydroxylation is 4. The number of nitrogens with zero attached hydrogens (tertiary/aromatic N) is 4. The van der Waals surface area contributed by atoms with E-state index < -0.39 is 11.7 Å². The van der Waals surface area contributed by atoms with Crippen LogP contribution in [0.1, 0.15) is 69.3 Å². The predicted molar refractivity (Wildman–Crippen MR) is 135 cm³/mol. The first-order chi connectivity index (χ1) is 17.3. The summed E-state index contributed by atoms with van der Waals surface area (Å²) in [7, 11) is 0. The van der Waals surface area contributed by atoms with Crippen LogP contribution in [0.3, 0.4) is 0 Å². The molecule has 1 aliphatic heterocycles. The van der Waals surface area contributed by atoms with Crippen LogP contribution in [-0.2, 0) is 31.9 Å². The second-order valence-electron chi connectivity index (χ2n) is 9.52. The van der Waals surface area contributed by atoms with E-state index in [0.717, 1.165) is 65.4 Å². The van der Waals surface area contributed by atoms with E-state index in [2.05, 4.69) is 46.0 Å². The second kappa shape index (κ2) is 8.69. The molecule has 4 aromatic rings. The van der Waals surface area contributed by atoms with Gasteiger partial charge in [-0.05, 0) is 74.8 Å². The van der Waals surface area contributed by atoms with E-state index in [9.17, 15) is 13.2 Å². The fourth-order valence-electron chi connectivity index (χ4n) is 5.20. The van der Waals surface area contributed by atoms with Crippen molar-refractivity contribution in [3.8, 4) is 5.00 Å². The van der Waals surface area contributed by atoms with E-state index in [4.69, 9.17) is 4.99 Å². The standard InChI is InChI=1S/C28H25F3N4S/c1-16-26-34-33-17(2)35(26)27-24(22-4-3-5-23(22)36-27)25(32-16)20-12-8-18(9-13-20)6-7-19-10-14-21(15-11-19)28(29,30)31/h8-16H,3-7H2,1-2H3.